The van der Waals surface area contributed by atoms with Crippen LogP contribution in [0.15, 0.2) is 53.4 Å². The first-order chi connectivity index (χ1) is 15.9. The number of amides is 1. The summed E-state index contributed by atoms with van der Waals surface area (Å²) < 4.78 is 40.5. The number of nitrogens with zero attached hydrogens (tertiary/aromatic N) is 2. The zero-order chi connectivity index (χ0) is 23.4. The van der Waals surface area contributed by atoms with Crippen molar-refractivity contribution < 1.29 is 17.6 Å². The molecule has 2 fully saturated rings. The van der Waals surface area contributed by atoms with Crippen molar-refractivity contribution in [1.29, 1.82) is 0 Å². The Balaban J connectivity index is 1.43. The lowest BCUT2D eigenvalue weighted by Gasteiger charge is -2.33. The molecule has 9 heteroatoms. The van der Waals surface area contributed by atoms with Crippen LogP contribution in [-0.4, -0.2) is 56.3 Å². The standard InChI is InChI=1S/C24H29ClFN3O3S/c25-22-8-2-1-7-21(22)23(28-13-3-4-14-28)16-27-24(30)18-6-5-15-29(17-18)33(31,32)20-11-9-19(26)10-12-20/h1-2,7-12,18,23H,3-6,13-17H2,(H,27,30)/t18-,23+/m0/s1. The Morgan fingerprint density at radius 1 is 1.06 bits per heavy atom. The molecule has 1 N–H and O–H groups in total. The fourth-order valence-electron chi connectivity index (χ4n) is 4.71. The Morgan fingerprint density at radius 3 is 2.45 bits per heavy atom. The van der Waals surface area contributed by atoms with Crippen LogP contribution in [-0.2, 0) is 14.8 Å². The zero-order valence-electron chi connectivity index (χ0n) is 18.4. The summed E-state index contributed by atoms with van der Waals surface area (Å²) in [5.41, 5.74) is 0.991. The monoisotopic (exact) mass is 493 g/mol. The summed E-state index contributed by atoms with van der Waals surface area (Å²) in [7, 11) is -3.78. The van der Waals surface area contributed by atoms with Gasteiger partial charge in [-0.2, -0.15) is 4.31 Å². The van der Waals surface area contributed by atoms with Gasteiger partial charge in [-0.1, -0.05) is 29.8 Å². The number of carbonyl (C=O) groups excluding carboxylic acids is 1. The largest absolute Gasteiger partial charge is 0.354 e. The maximum Gasteiger partial charge on any atom is 0.243 e. The van der Waals surface area contributed by atoms with Gasteiger partial charge < -0.3 is 5.32 Å². The summed E-state index contributed by atoms with van der Waals surface area (Å²) in [6, 6.07) is 12.5. The highest BCUT2D eigenvalue weighted by molar-refractivity contribution is 7.89. The van der Waals surface area contributed by atoms with Crippen molar-refractivity contribution in [2.45, 2.75) is 36.6 Å². The molecule has 2 aromatic rings. The molecule has 0 unspecified atom stereocenters. The van der Waals surface area contributed by atoms with Crippen LogP contribution in [0.4, 0.5) is 4.39 Å². The third-order valence-corrected chi connectivity index (χ3v) is 8.75. The van der Waals surface area contributed by atoms with E-state index in [1.165, 1.54) is 16.4 Å². The summed E-state index contributed by atoms with van der Waals surface area (Å²) in [4.78, 5) is 15.4. The molecule has 2 atom stereocenters. The average molecular weight is 494 g/mol. The van der Waals surface area contributed by atoms with E-state index in [0.29, 0.717) is 31.0 Å². The Bertz CT molecular complexity index is 1070. The lowest BCUT2D eigenvalue weighted by atomic mass is 9.98. The number of halogens is 2. The van der Waals surface area contributed by atoms with Gasteiger partial charge in [0.2, 0.25) is 15.9 Å². The van der Waals surface area contributed by atoms with E-state index in [2.05, 4.69) is 10.2 Å². The minimum absolute atomic E-state index is 0.0206. The number of hydrogen-bond acceptors (Lipinski definition) is 4. The number of likely N-dealkylation sites (tertiary alicyclic amines) is 1. The minimum atomic E-state index is -3.78. The molecule has 0 aliphatic carbocycles. The van der Waals surface area contributed by atoms with Crippen LogP contribution in [0.1, 0.15) is 37.3 Å². The van der Waals surface area contributed by atoms with Gasteiger partial charge in [0.15, 0.2) is 0 Å². The van der Waals surface area contributed by atoms with Gasteiger partial charge in [0, 0.05) is 24.7 Å². The molecule has 2 aromatic carbocycles. The molecule has 0 aromatic heterocycles. The molecule has 2 saturated heterocycles. The van der Waals surface area contributed by atoms with Crippen molar-refractivity contribution >= 4 is 27.5 Å². The maximum absolute atomic E-state index is 13.2. The summed E-state index contributed by atoms with van der Waals surface area (Å²) in [5.74, 6) is -1.07. The first kappa shape index (κ1) is 24.1. The van der Waals surface area contributed by atoms with Crippen molar-refractivity contribution in [3.05, 3.63) is 64.9 Å². The predicted octanol–water partition coefficient (Wildman–Crippen LogP) is 3.83. The van der Waals surface area contributed by atoms with E-state index in [0.717, 1.165) is 43.6 Å². The predicted molar refractivity (Wildman–Crippen MR) is 126 cm³/mol. The van der Waals surface area contributed by atoms with Gasteiger partial charge in [-0.05, 0) is 74.7 Å². The molecule has 33 heavy (non-hydrogen) atoms. The number of sulfonamides is 1. The smallest absolute Gasteiger partial charge is 0.243 e. The molecule has 2 aliphatic rings. The molecule has 0 spiro atoms. The highest BCUT2D eigenvalue weighted by Gasteiger charge is 2.34. The number of rotatable bonds is 7. The van der Waals surface area contributed by atoms with E-state index >= 15 is 0 Å². The van der Waals surface area contributed by atoms with Crippen LogP contribution in [0.25, 0.3) is 0 Å². The second-order valence-corrected chi connectivity index (χ2v) is 11.0. The van der Waals surface area contributed by atoms with Gasteiger partial charge in [-0.3, -0.25) is 9.69 Å². The molecule has 0 saturated carbocycles. The van der Waals surface area contributed by atoms with E-state index in [9.17, 15) is 17.6 Å². The molecule has 0 bridgehead atoms. The van der Waals surface area contributed by atoms with Gasteiger partial charge in [0.1, 0.15) is 5.82 Å². The highest BCUT2D eigenvalue weighted by atomic mass is 35.5. The Labute approximate surface area is 199 Å². The van der Waals surface area contributed by atoms with Crippen LogP contribution in [0.3, 0.4) is 0 Å². The van der Waals surface area contributed by atoms with Crippen molar-refractivity contribution in [2.24, 2.45) is 5.92 Å². The maximum atomic E-state index is 13.2. The molecule has 4 rings (SSSR count). The number of hydrogen-bond donors (Lipinski definition) is 1. The number of piperidine rings is 1. The highest BCUT2D eigenvalue weighted by Crippen LogP contribution is 2.30. The van der Waals surface area contributed by atoms with Crippen LogP contribution in [0.5, 0.6) is 0 Å². The van der Waals surface area contributed by atoms with Gasteiger partial charge in [0.25, 0.3) is 0 Å². The van der Waals surface area contributed by atoms with Gasteiger partial charge in [-0.25, -0.2) is 12.8 Å². The van der Waals surface area contributed by atoms with Gasteiger partial charge >= 0.3 is 0 Å². The fourth-order valence-corrected chi connectivity index (χ4v) is 6.49. The van der Waals surface area contributed by atoms with E-state index in [-0.39, 0.29) is 23.4 Å². The molecule has 2 heterocycles. The summed E-state index contributed by atoms with van der Waals surface area (Å²) in [6.45, 7) is 2.80. The number of benzene rings is 2. The summed E-state index contributed by atoms with van der Waals surface area (Å²) in [5, 5.41) is 3.74. The molecule has 6 nitrogen and oxygen atoms in total. The molecule has 2 aliphatic heterocycles. The third kappa shape index (κ3) is 5.57. The van der Waals surface area contributed by atoms with Crippen LogP contribution < -0.4 is 5.32 Å². The lowest BCUT2D eigenvalue weighted by molar-refractivity contribution is -0.126. The van der Waals surface area contributed by atoms with Crippen molar-refractivity contribution in [3.8, 4) is 0 Å². The zero-order valence-corrected chi connectivity index (χ0v) is 20.0. The van der Waals surface area contributed by atoms with Crippen LogP contribution >= 0.6 is 11.6 Å². The lowest BCUT2D eigenvalue weighted by Crippen LogP contribution is -2.46. The Kier molecular flexibility index (Phi) is 7.69. The van der Waals surface area contributed by atoms with Crippen LogP contribution in [0, 0.1) is 11.7 Å². The van der Waals surface area contributed by atoms with E-state index < -0.39 is 21.8 Å². The second-order valence-electron chi connectivity index (χ2n) is 8.68. The molecule has 0 radical (unpaired) electrons. The van der Waals surface area contributed by atoms with Crippen molar-refractivity contribution in [1.82, 2.24) is 14.5 Å². The molecule has 178 valence electrons. The summed E-state index contributed by atoms with van der Waals surface area (Å²) in [6.07, 6.45) is 3.46. The first-order valence-electron chi connectivity index (χ1n) is 11.4. The molecular formula is C24H29ClFN3O3S. The van der Waals surface area contributed by atoms with E-state index in [1.54, 1.807) is 0 Å². The van der Waals surface area contributed by atoms with E-state index in [1.807, 2.05) is 24.3 Å². The molecular weight excluding hydrogens is 465 g/mol. The van der Waals surface area contributed by atoms with Gasteiger partial charge in [-0.15, -0.1) is 0 Å². The second kappa shape index (κ2) is 10.5. The SMILES string of the molecule is O=C(NC[C@H](c1ccccc1Cl)N1CCCC1)[C@H]1CCCN(S(=O)(=O)c2ccc(F)cc2)C1. The average Bonchev–Trinajstić information content (AvgIpc) is 3.35. The normalized spacial score (nSPS) is 21.1. The fraction of sp³-hybridized carbons (Fsp3) is 0.458. The Hall–Kier alpha value is -2.00. The number of nitrogens with one attached hydrogen (secondary N) is 1. The number of carbonyl (C=O) groups is 1. The summed E-state index contributed by atoms with van der Waals surface area (Å²) >= 11 is 6.46. The van der Waals surface area contributed by atoms with Crippen molar-refractivity contribution in [3.63, 3.8) is 0 Å². The Morgan fingerprint density at radius 2 is 1.76 bits per heavy atom. The topological polar surface area (TPSA) is 69.7 Å². The first-order valence-corrected chi connectivity index (χ1v) is 13.2. The van der Waals surface area contributed by atoms with Crippen LogP contribution in [0.2, 0.25) is 5.02 Å². The van der Waals surface area contributed by atoms with Crippen molar-refractivity contribution in [2.75, 3.05) is 32.7 Å². The third-order valence-electron chi connectivity index (χ3n) is 6.52. The molecule has 1 amide bonds. The minimum Gasteiger partial charge on any atom is -0.354 e. The van der Waals surface area contributed by atoms with Gasteiger partial charge in [0.05, 0.1) is 16.9 Å². The quantitative estimate of drug-likeness (QED) is 0.636. The van der Waals surface area contributed by atoms with E-state index in [4.69, 9.17) is 11.6 Å².